The molecule has 0 saturated carbocycles. The van der Waals surface area contributed by atoms with Crippen LogP contribution in [0.15, 0.2) is 64.5 Å². The molecule has 8 heteroatoms. The van der Waals surface area contributed by atoms with Crippen molar-refractivity contribution in [3.63, 3.8) is 0 Å². The highest BCUT2D eigenvalue weighted by molar-refractivity contribution is 7.90. The number of esters is 1. The van der Waals surface area contributed by atoms with Crippen LogP contribution < -0.4 is 4.72 Å². The summed E-state index contributed by atoms with van der Waals surface area (Å²) in [4.78, 5) is 19.9. The number of hydrogen-bond acceptors (Lipinski definition) is 6. The Kier molecular flexibility index (Phi) is 7.22. The van der Waals surface area contributed by atoms with Crippen molar-refractivity contribution in [3.8, 4) is 0 Å². The van der Waals surface area contributed by atoms with Crippen molar-refractivity contribution in [2.45, 2.75) is 43.0 Å². The average Bonchev–Trinajstić information content (AvgIpc) is 2.94. The molecule has 0 bridgehead atoms. The lowest BCUT2D eigenvalue weighted by atomic mass is 10.1. The molecule has 0 radical (unpaired) electrons. The molecule has 170 valence electrons. The third kappa shape index (κ3) is 5.19. The standard InChI is InChI=1S/C24H29N3O4S/c28-24(22(19-11-4-3-5-12-19)27-16-8-1-2-9-17-27)31-18-10-15-25-23-20-13-6-7-14-21(20)32(29,30)26-23/h3-7,11-14,22H,1-2,8-10,15-18H2,(H,25,26)/t22-/m0/s1. The van der Waals surface area contributed by atoms with Crippen LogP contribution in [0.1, 0.15) is 49.3 Å². The highest BCUT2D eigenvalue weighted by Gasteiger charge is 2.31. The lowest BCUT2D eigenvalue weighted by Crippen LogP contribution is -2.36. The quantitative estimate of drug-likeness (QED) is 0.511. The summed E-state index contributed by atoms with van der Waals surface area (Å²) in [5.74, 6) is 0.108. The Morgan fingerprint density at radius 2 is 1.69 bits per heavy atom. The molecule has 1 atom stereocenters. The van der Waals surface area contributed by atoms with Gasteiger partial charge in [0.25, 0.3) is 10.0 Å². The molecule has 2 aliphatic rings. The van der Waals surface area contributed by atoms with Gasteiger partial charge in [0, 0.05) is 18.5 Å². The molecule has 2 aromatic rings. The van der Waals surface area contributed by atoms with Crippen LogP contribution in [-0.4, -0.2) is 51.4 Å². The fourth-order valence-corrected chi connectivity index (χ4v) is 5.49. The fraction of sp³-hybridized carbons (Fsp3) is 0.417. The molecule has 4 rings (SSSR count). The second kappa shape index (κ2) is 10.3. The van der Waals surface area contributed by atoms with Gasteiger partial charge in [0.15, 0.2) is 0 Å². The van der Waals surface area contributed by atoms with Crippen LogP contribution in [0.2, 0.25) is 0 Å². The molecular formula is C24H29N3O4S. The first kappa shape index (κ1) is 22.5. The van der Waals surface area contributed by atoms with E-state index in [1.807, 2.05) is 30.3 Å². The first-order chi connectivity index (χ1) is 15.6. The zero-order valence-corrected chi connectivity index (χ0v) is 18.9. The summed E-state index contributed by atoms with van der Waals surface area (Å²) in [5, 5.41) is 0. The SMILES string of the molecule is O=C(OCCCN=C1NS(=O)(=O)c2ccccc21)[C@H](c1ccccc1)N1CCCCCC1. The van der Waals surface area contributed by atoms with E-state index >= 15 is 0 Å². The smallest absolute Gasteiger partial charge is 0.328 e. The number of aliphatic imine (C=N–C) groups is 1. The number of amidine groups is 1. The maximum Gasteiger partial charge on any atom is 0.328 e. The zero-order valence-electron chi connectivity index (χ0n) is 18.1. The van der Waals surface area contributed by atoms with Crippen molar-refractivity contribution in [2.24, 2.45) is 4.99 Å². The van der Waals surface area contributed by atoms with E-state index in [1.54, 1.807) is 24.3 Å². The molecule has 2 aromatic carbocycles. The van der Waals surface area contributed by atoms with Gasteiger partial charge in [0.2, 0.25) is 0 Å². The van der Waals surface area contributed by atoms with Crippen LogP contribution in [0.5, 0.6) is 0 Å². The number of rotatable bonds is 7. The van der Waals surface area contributed by atoms with E-state index in [2.05, 4.69) is 14.6 Å². The predicted octanol–water partition coefficient (Wildman–Crippen LogP) is 3.28. The number of fused-ring (bicyclic) bond motifs is 1. The number of nitrogens with zero attached hydrogens (tertiary/aromatic N) is 2. The van der Waals surface area contributed by atoms with E-state index in [0.29, 0.717) is 24.4 Å². The van der Waals surface area contributed by atoms with Gasteiger partial charge in [-0.25, -0.2) is 13.2 Å². The Balaban J connectivity index is 1.35. The van der Waals surface area contributed by atoms with Crippen molar-refractivity contribution < 1.29 is 17.9 Å². The van der Waals surface area contributed by atoms with Gasteiger partial charge in [-0.1, -0.05) is 55.3 Å². The van der Waals surface area contributed by atoms with E-state index in [-0.39, 0.29) is 17.5 Å². The Morgan fingerprint density at radius 1 is 1.00 bits per heavy atom. The molecule has 32 heavy (non-hydrogen) atoms. The van der Waals surface area contributed by atoms with Gasteiger partial charge in [-0.05, 0) is 43.6 Å². The van der Waals surface area contributed by atoms with Crippen LogP contribution in [0.25, 0.3) is 0 Å². The van der Waals surface area contributed by atoms with Gasteiger partial charge in [-0.2, -0.15) is 0 Å². The van der Waals surface area contributed by atoms with Crippen LogP contribution in [0.3, 0.4) is 0 Å². The number of ether oxygens (including phenoxy) is 1. The van der Waals surface area contributed by atoms with Crippen molar-refractivity contribution in [2.75, 3.05) is 26.2 Å². The van der Waals surface area contributed by atoms with Crippen molar-refractivity contribution in [3.05, 3.63) is 65.7 Å². The monoisotopic (exact) mass is 455 g/mol. The molecule has 0 spiro atoms. The second-order valence-corrected chi connectivity index (χ2v) is 9.77. The summed E-state index contributed by atoms with van der Waals surface area (Å²) in [6.07, 6.45) is 5.08. The summed E-state index contributed by atoms with van der Waals surface area (Å²) >= 11 is 0. The summed E-state index contributed by atoms with van der Waals surface area (Å²) in [6, 6.07) is 16.2. The molecule has 1 fully saturated rings. The minimum atomic E-state index is -3.54. The summed E-state index contributed by atoms with van der Waals surface area (Å²) < 4.78 is 32.5. The normalized spacial score (nSPS) is 20.2. The third-order valence-corrected chi connectivity index (χ3v) is 7.22. The third-order valence-electron chi connectivity index (χ3n) is 5.82. The number of carbonyl (C=O) groups excluding carboxylic acids is 1. The largest absolute Gasteiger partial charge is 0.464 e. The second-order valence-electron chi connectivity index (χ2n) is 8.12. The maximum atomic E-state index is 13.0. The number of sulfonamides is 1. The lowest BCUT2D eigenvalue weighted by molar-refractivity contribution is -0.150. The molecule has 2 heterocycles. The van der Waals surface area contributed by atoms with Crippen LogP contribution in [0.4, 0.5) is 0 Å². The maximum absolute atomic E-state index is 13.0. The molecule has 0 unspecified atom stereocenters. The van der Waals surface area contributed by atoms with Gasteiger partial charge in [0.05, 0.1) is 11.5 Å². The van der Waals surface area contributed by atoms with Gasteiger partial charge >= 0.3 is 5.97 Å². The van der Waals surface area contributed by atoms with E-state index in [1.165, 1.54) is 12.8 Å². The Hall–Kier alpha value is -2.71. The van der Waals surface area contributed by atoms with Gasteiger partial charge in [-0.3, -0.25) is 14.6 Å². The van der Waals surface area contributed by atoms with Crippen LogP contribution in [-0.2, 0) is 19.6 Å². The zero-order chi connectivity index (χ0) is 22.4. The highest BCUT2D eigenvalue weighted by atomic mass is 32.2. The summed E-state index contributed by atoms with van der Waals surface area (Å²) in [7, 11) is -3.54. The van der Waals surface area contributed by atoms with Crippen molar-refractivity contribution in [1.82, 2.24) is 9.62 Å². The number of hydrogen-bond donors (Lipinski definition) is 1. The Morgan fingerprint density at radius 3 is 2.44 bits per heavy atom. The van der Waals surface area contributed by atoms with Gasteiger partial charge in [0.1, 0.15) is 11.9 Å². The molecule has 1 N–H and O–H groups in total. The van der Waals surface area contributed by atoms with Gasteiger partial charge in [-0.15, -0.1) is 0 Å². The molecule has 0 aromatic heterocycles. The number of benzene rings is 2. The summed E-state index contributed by atoms with van der Waals surface area (Å²) in [5.41, 5.74) is 1.53. The highest BCUT2D eigenvalue weighted by Crippen LogP contribution is 2.26. The number of nitrogens with one attached hydrogen (secondary N) is 1. The Bertz CT molecular complexity index is 1060. The number of likely N-dealkylation sites (tertiary alicyclic amines) is 1. The first-order valence-electron chi connectivity index (χ1n) is 11.2. The van der Waals surface area contributed by atoms with Crippen LogP contribution in [0, 0.1) is 0 Å². The minimum absolute atomic E-state index is 0.237. The van der Waals surface area contributed by atoms with Crippen LogP contribution >= 0.6 is 0 Å². The molecule has 7 nitrogen and oxygen atoms in total. The predicted molar refractivity (Wildman–Crippen MR) is 123 cm³/mol. The molecular weight excluding hydrogens is 426 g/mol. The minimum Gasteiger partial charge on any atom is -0.464 e. The van der Waals surface area contributed by atoms with E-state index < -0.39 is 16.1 Å². The Labute approximate surface area is 189 Å². The first-order valence-corrected chi connectivity index (χ1v) is 12.7. The molecule has 0 aliphatic carbocycles. The topological polar surface area (TPSA) is 88.1 Å². The van der Waals surface area contributed by atoms with E-state index in [0.717, 1.165) is 31.5 Å². The number of carbonyl (C=O) groups is 1. The van der Waals surface area contributed by atoms with E-state index in [9.17, 15) is 13.2 Å². The van der Waals surface area contributed by atoms with E-state index in [4.69, 9.17) is 4.74 Å². The molecule has 1 saturated heterocycles. The molecule has 0 amide bonds. The van der Waals surface area contributed by atoms with Gasteiger partial charge < -0.3 is 4.74 Å². The lowest BCUT2D eigenvalue weighted by Gasteiger charge is -2.29. The van der Waals surface area contributed by atoms with Crippen molar-refractivity contribution in [1.29, 1.82) is 0 Å². The molecule has 2 aliphatic heterocycles. The average molecular weight is 456 g/mol. The summed E-state index contributed by atoms with van der Waals surface area (Å²) in [6.45, 7) is 2.38. The fourth-order valence-electron chi connectivity index (χ4n) is 4.24. The van der Waals surface area contributed by atoms with Crippen molar-refractivity contribution >= 4 is 21.8 Å².